The predicted molar refractivity (Wildman–Crippen MR) is 63.9 cm³/mol. The molecule has 1 amide bonds. The van der Waals surface area contributed by atoms with Gasteiger partial charge >= 0.3 is 0 Å². The van der Waals surface area contributed by atoms with Crippen molar-refractivity contribution in [2.45, 2.75) is 12.5 Å². The second kappa shape index (κ2) is 4.24. The first kappa shape index (κ1) is 11.5. The molecular weight excluding hydrogens is 235 g/mol. The summed E-state index contributed by atoms with van der Waals surface area (Å²) in [6.45, 7) is 2.40. The molecule has 4 nitrogen and oxygen atoms in total. The fourth-order valence-electron chi connectivity index (χ4n) is 2.87. The number of nitrogens with one attached hydrogen (secondary N) is 1. The van der Waals surface area contributed by atoms with E-state index in [1.54, 1.807) is 4.90 Å². The average molecular weight is 250 g/mol. The van der Waals surface area contributed by atoms with Crippen LogP contribution in [0.4, 0.5) is 4.39 Å². The van der Waals surface area contributed by atoms with Crippen molar-refractivity contribution in [2.24, 2.45) is 5.92 Å². The number of likely N-dealkylation sites (tertiary alicyclic amines) is 1. The Morgan fingerprint density at radius 2 is 2.28 bits per heavy atom. The van der Waals surface area contributed by atoms with E-state index in [-0.39, 0.29) is 17.2 Å². The molecule has 2 N–H and O–H groups in total. The molecule has 0 spiro atoms. The van der Waals surface area contributed by atoms with E-state index in [1.807, 2.05) is 0 Å². The lowest BCUT2D eigenvalue weighted by Gasteiger charge is -2.18. The van der Waals surface area contributed by atoms with Crippen molar-refractivity contribution in [1.82, 2.24) is 10.2 Å². The van der Waals surface area contributed by atoms with Crippen molar-refractivity contribution in [3.05, 3.63) is 29.6 Å². The number of carbonyl (C=O) groups excluding carboxylic acids is 1. The van der Waals surface area contributed by atoms with E-state index < -0.39 is 5.82 Å². The molecule has 96 valence electrons. The van der Waals surface area contributed by atoms with Crippen LogP contribution in [0, 0.1) is 11.7 Å². The number of halogens is 1. The number of carbonyl (C=O) groups is 1. The zero-order valence-corrected chi connectivity index (χ0v) is 9.90. The highest BCUT2D eigenvalue weighted by Gasteiger charge is 2.38. The molecule has 1 aromatic rings. The number of rotatable bonds is 1. The van der Waals surface area contributed by atoms with E-state index in [1.165, 1.54) is 12.1 Å². The smallest absolute Gasteiger partial charge is 0.257 e. The first-order valence-electron chi connectivity index (χ1n) is 6.16. The predicted octanol–water partition coefficient (Wildman–Crippen LogP) is 0.965. The van der Waals surface area contributed by atoms with Gasteiger partial charge in [-0.2, -0.15) is 0 Å². The quantitative estimate of drug-likeness (QED) is 0.780. The third-order valence-electron chi connectivity index (χ3n) is 3.84. The Labute approximate surface area is 104 Å². The Hall–Kier alpha value is -1.62. The van der Waals surface area contributed by atoms with Crippen LogP contribution in [0.1, 0.15) is 16.8 Å². The number of fused-ring (bicyclic) bond motifs is 1. The zero-order valence-electron chi connectivity index (χ0n) is 9.90. The van der Waals surface area contributed by atoms with Gasteiger partial charge in [0.15, 0.2) is 0 Å². The Morgan fingerprint density at radius 1 is 1.44 bits per heavy atom. The van der Waals surface area contributed by atoms with Gasteiger partial charge in [0.2, 0.25) is 0 Å². The van der Waals surface area contributed by atoms with Gasteiger partial charge in [-0.1, -0.05) is 0 Å². The van der Waals surface area contributed by atoms with Gasteiger partial charge in [-0.15, -0.1) is 0 Å². The van der Waals surface area contributed by atoms with Crippen LogP contribution >= 0.6 is 0 Å². The second-order valence-corrected chi connectivity index (χ2v) is 4.98. The van der Waals surface area contributed by atoms with Crippen LogP contribution < -0.4 is 5.32 Å². The summed E-state index contributed by atoms with van der Waals surface area (Å²) >= 11 is 0. The fourth-order valence-corrected chi connectivity index (χ4v) is 2.87. The first-order chi connectivity index (χ1) is 8.65. The Morgan fingerprint density at radius 3 is 3.00 bits per heavy atom. The van der Waals surface area contributed by atoms with E-state index in [0.29, 0.717) is 25.0 Å². The minimum Gasteiger partial charge on any atom is -0.507 e. The third kappa shape index (κ3) is 1.84. The minimum absolute atomic E-state index is 0.177. The number of amides is 1. The molecule has 0 aliphatic carbocycles. The molecule has 0 unspecified atom stereocenters. The summed E-state index contributed by atoms with van der Waals surface area (Å²) in [5.74, 6) is -0.533. The van der Waals surface area contributed by atoms with Crippen LogP contribution in [0.25, 0.3) is 0 Å². The molecule has 0 aromatic heterocycles. The van der Waals surface area contributed by atoms with Crippen LogP contribution in [-0.4, -0.2) is 41.6 Å². The molecule has 3 rings (SSSR count). The monoisotopic (exact) mass is 250 g/mol. The fraction of sp³-hybridized carbons (Fsp3) is 0.462. The van der Waals surface area contributed by atoms with Crippen molar-refractivity contribution >= 4 is 5.91 Å². The lowest BCUT2D eigenvalue weighted by molar-refractivity contribution is 0.0779. The van der Waals surface area contributed by atoms with Crippen LogP contribution in [0.15, 0.2) is 18.2 Å². The lowest BCUT2D eigenvalue weighted by Crippen LogP contribution is -2.34. The van der Waals surface area contributed by atoms with Crippen molar-refractivity contribution in [3.63, 3.8) is 0 Å². The highest BCUT2D eigenvalue weighted by Crippen LogP contribution is 2.28. The average Bonchev–Trinajstić information content (AvgIpc) is 2.87. The van der Waals surface area contributed by atoms with Crippen molar-refractivity contribution in [3.8, 4) is 5.75 Å². The molecule has 2 heterocycles. The van der Waals surface area contributed by atoms with Crippen LogP contribution in [0.3, 0.4) is 0 Å². The van der Waals surface area contributed by atoms with E-state index in [9.17, 15) is 14.3 Å². The normalized spacial score (nSPS) is 26.4. The van der Waals surface area contributed by atoms with Crippen LogP contribution in [0.2, 0.25) is 0 Å². The van der Waals surface area contributed by atoms with E-state index in [0.717, 1.165) is 19.0 Å². The van der Waals surface area contributed by atoms with Gasteiger partial charge in [0.1, 0.15) is 11.6 Å². The van der Waals surface area contributed by atoms with Gasteiger partial charge in [0, 0.05) is 25.2 Å². The number of benzene rings is 1. The molecule has 2 aliphatic rings. The lowest BCUT2D eigenvalue weighted by atomic mass is 10.1. The second-order valence-electron chi connectivity index (χ2n) is 4.98. The molecule has 2 fully saturated rings. The van der Waals surface area contributed by atoms with Gasteiger partial charge in [0.25, 0.3) is 5.91 Å². The maximum absolute atomic E-state index is 12.9. The van der Waals surface area contributed by atoms with Gasteiger partial charge < -0.3 is 15.3 Å². The summed E-state index contributed by atoms with van der Waals surface area (Å²) in [6, 6.07) is 3.88. The first-order valence-corrected chi connectivity index (χ1v) is 6.16. The molecule has 1 aromatic carbocycles. The number of aromatic hydroxyl groups is 1. The van der Waals surface area contributed by atoms with E-state index in [4.69, 9.17) is 0 Å². The van der Waals surface area contributed by atoms with Crippen molar-refractivity contribution in [1.29, 1.82) is 0 Å². The summed E-state index contributed by atoms with van der Waals surface area (Å²) in [5.41, 5.74) is 0.177. The summed E-state index contributed by atoms with van der Waals surface area (Å²) < 4.78 is 12.9. The minimum atomic E-state index is -0.538. The van der Waals surface area contributed by atoms with Gasteiger partial charge in [-0.25, -0.2) is 4.39 Å². The molecule has 2 atom stereocenters. The van der Waals surface area contributed by atoms with Gasteiger partial charge in [-0.3, -0.25) is 4.79 Å². The molecule has 0 saturated carbocycles. The highest BCUT2D eigenvalue weighted by atomic mass is 19.1. The molecular formula is C13H15FN2O2. The van der Waals surface area contributed by atoms with Crippen molar-refractivity contribution < 1.29 is 14.3 Å². The molecule has 18 heavy (non-hydrogen) atoms. The Bertz CT molecular complexity index is 480. The number of phenolic OH excluding ortho intramolecular Hbond substituents is 1. The summed E-state index contributed by atoms with van der Waals surface area (Å²) in [7, 11) is 0. The zero-order chi connectivity index (χ0) is 12.7. The number of nitrogens with zero attached hydrogens (tertiary/aromatic N) is 1. The van der Waals surface area contributed by atoms with Gasteiger partial charge in [0.05, 0.1) is 5.56 Å². The topological polar surface area (TPSA) is 52.6 Å². The SMILES string of the molecule is O=C(c1ccc(F)cc1O)N1C[C@@H]2CCN[C@@H]2C1. The van der Waals surface area contributed by atoms with Crippen molar-refractivity contribution in [2.75, 3.05) is 19.6 Å². The largest absolute Gasteiger partial charge is 0.507 e. The molecule has 0 bridgehead atoms. The standard InChI is InChI=1S/C13H15FN2O2/c14-9-1-2-10(12(17)5-9)13(18)16-6-8-3-4-15-11(8)7-16/h1-2,5,8,11,15,17H,3-4,6-7H2/t8-,11+/m0/s1. The van der Waals surface area contributed by atoms with Gasteiger partial charge in [-0.05, 0) is 31.0 Å². The molecule has 2 aliphatic heterocycles. The van der Waals surface area contributed by atoms with Crippen LogP contribution in [-0.2, 0) is 0 Å². The van der Waals surface area contributed by atoms with Crippen LogP contribution in [0.5, 0.6) is 5.75 Å². The third-order valence-corrected chi connectivity index (χ3v) is 3.84. The number of hydrogen-bond acceptors (Lipinski definition) is 3. The Balaban J connectivity index is 1.79. The molecule has 0 radical (unpaired) electrons. The molecule has 2 saturated heterocycles. The maximum atomic E-state index is 12.9. The van der Waals surface area contributed by atoms with E-state index in [2.05, 4.69) is 5.32 Å². The number of phenols is 1. The Kier molecular flexibility index (Phi) is 2.70. The summed E-state index contributed by atoms with van der Waals surface area (Å²) in [6.07, 6.45) is 1.09. The highest BCUT2D eigenvalue weighted by molar-refractivity contribution is 5.97. The summed E-state index contributed by atoms with van der Waals surface area (Å²) in [5, 5.41) is 13.0. The maximum Gasteiger partial charge on any atom is 0.257 e. The number of hydrogen-bond donors (Lipinski definition) is 2. The van der Waals surface area contributed by atoms with E-state index >= 15 is 0 Å². The molecule has 5 heteroatoms. The summed E-state index contributed by atoms with van der Waals surface area (Å²) in [4.78, 5) is 14.0.